The Morgan fingerprint density at radius 3 is 2.29 bits per heavy atom. The van der Waals surface area contributed by atoms with Crippen molar-refractivity contribution in [2.45, 2.75) is 0 Å². The second kappa shape index (κ2) is 5.42. The van der Waals surface area contributed by atoms with E-state index in [0.29, 0.717) is 22.0 Å². The first kappa shape index (κ1) is 13.4. The fourth-order valence-corrected chi connectivity index (χ4v) is 2.19. The Morgan fingerprint density at radius 2 is 1.57 bits per heavy atom. The molecule has 0 saturated heterocycles. The van der Waals surface area contributed by atoms with Gasteiger partial charge in [0.05, 0.1) is 11.4 Å². The van der Waals surface area contributed by atoms with E-state index in [9.17, 15) is 5.11 Å². The molecule has 2 aromatic carbocycles. The fourth-order valence-electron chi connectivity index (χ4n) is 2.06. The van der Waals surface area contributed by atoms with Crippen LogP contribution in [0.15, 0.2) is 54.6 Å². The minimum Gasteiger partial charge on any atom is -0.507 e. The first-order valence-corrected chi connectivity index (χ1v) is 6.70. The molecule has 3 N–H and O–H groups in total. The van der Waals surface area contributed by atoms with Gasteiger partial charge in [-0.25, -0.2) is 9.97 Å². The molecule has 0 amide bonds. The number of phenolic OH excluding ortho intramolecular Hbond substituents is 1. The summed E-state index contributed by atoms with van der Waals surface area (Å²) in [4.78, 5) is 8.42. The molecule has 0 atom stereocenters. The maximum Gasteiger partial charge on any atom is 0.221 e. The third kappa shape index (κ3) is 2.80. The highest BCUT2D eigenvalue weighted by molar-refractivity contribution is 6.30. The maximum atomic E-state index is 9.93. The van der Waals surface area contributed by atoms with Crippen molar-refractivity contribution >= 4 is 17.5 Å². The van der Waals surface area contributed by atoms with Gasteiger partial charge in [0.1, 0.15) is 5.75 Å². The lowest BCUT2D eigenvalue weighted by molar-refractivity contribution is 0.477. The molecule has 3 rings (SSSR count). The lowest BCUT2D eigenvalue weighted by Crippen LogP contribution is -1.98. The van der Waals surface area contributed by atoms with Gasteiger partial charge in [0, 0.05) is 16.1 Å². The molecular formula is C16H12ClN3O. The number of para-hydroxylation sites is 1. The van der Waals surface area contributed by atoms with Crippen LogP contribution in [0.2, 0.25) is 5.02 Å². The molecule has 1 aromatic heterocycles. The topological polar surface area (TPSA) is 72.0 Å². The summed E-state index contributed by atoms with van der Waals surface area (Å²) in [5.41, 5.74) is 8.53. The van der Waals surface area contributed by atoms with Crippen molar-refractivity contribution in [3.05, 3.63) is 59.6 Å². The Hall–Kier alpha value is -2.59. The zero-order valence-corrected chi connectivity index (χ0v) is 11.7. The Morgan fingerprint density at radius 1 is 0.905 bits per heavy atom. The van der Waals surface area contributed by atoms with Gasteiger partial charge in [-0.15, -0.1) is 0 Å². The highest BCUT2D eigenvalue weighted by atomic mass is 35.5. The minimum atomic E-state index is 0.151. The van der Waals surface area contributed by atoms with Crippen molar-refractivity contribution in [3.63, 3.8) is 0 Å². The van der Waals surface area contributed by atoms with Crippen LogP contribution in [0.4, 0.5) is 5.95 Å². The third-order valence-corrected chi connectivity index (χ3v) is 3.32. The van der Waals surface area contributed by atoms with Gasteiger partial charge in [-0.05, 0) is 30.3 Å². The molecule has 4 nitrogen and oxygen atoms in total. The smallest absolute Gasteiger partial charge is 0.221 e. The van der Waals surface area contributed by atoms with Crippen molar-refractivity contribution in [1.29, 1.82) is 0 Å². The van der Waals surface area contributed by atoms with Gasteiger partial charge < -0.3 is 10.8 Å². The summed E-state index contributed by atoms with van der Waals surface area (Å²) < 4.78 is 0. The number of aromatic hydroxyl groups is 1. The van der Waals surface area contributed by atoms with Crippen molar-refractivity contribution in [2.75, 3.05) is 5.73 Å². The van der Waals surface area contributed by atoms with Gasteiger partial charge in [0.15, 0.2) is 0 Å². The number of phenols is 1. The predicted octanol–water partition coefficient (Wildman–Crippen LogP) is 3.75. The molecule has 104 valence electrons. The quantitative estimate of drug-likeness (QED) is 0.755. The summed E-state index contributed by atoms with van der Waals surface area (Å²) in [5, 5.41) is 10.6. The van der Waals surface area contributed by atoms with E-state index in [1.54, 1.807) is 36.4 Å². The van der Waals surface area contributed by atoms with Crippen molar-refractivity contribution in [3.8, 4) is 28.3 Å². The molecule has 1 heterocycles. The Balaban J connectivity index is 2.13. The molecule has 0 radical (unpaired) electrons. The van der Waals surface area contributed by atoms with Gasteiger partial charge in [0.2, 0.25) is 5.95 Å². The van der Waals surface area contributed by atoms with Crippen LogP contribution in [0.3, 0.4) is 0 Å². The zero-order chi connectivity index (χ0) is 14.8. The minimum absolute atomic E-state index is 0.151. The van der Waals surface area contributed by atoms with E-state index < -0.39 is 0 Å². The number of rotatable bonds is 2. The van der Waals surface area contributed by atoms with Gasteiger partial charge in [-0.1, -0.05) is 35.9 Å². The van der Waals surface area contributed by atoms with Crippen molar-refractivity contribution in [1.82, 2.24) is 9.97 Å². The van der Waals surface area contributed by atoms with E-state index in [2.05, 4.69) is 9.97 Å². The maximum absolute atomic E-state index is 9.93. The van der Waals surface area contributed by atoms with Gasteiger partial charge in [-0.2, -0.15) is 0 Å². The van der Waals surface area contributed by atoms with Crippen LogP contribution >= 0.6 is 11.6 Å². The second-order valence-corrected chi connectivity index (χ2v) is 4.96. The summed E-state index contributed by atoms with van der Waals surface area (Å²) >= 11 is 5.89. The zero-order valence-electron chi connectivity index (χ0n) is 11.0. The first-order valence-electron chi connectivity index (χ1n) is 6.32. The average molecular weight is 298 g/mol. The number of anilines is 1. The van der Waals surface area contributed by atoms with Crippen LogP contribution in [0.5, 0.6) is 5.75 Å². The molecule has 0 aliphatic carbocycles. The van der Waals surface area contributed by atoms with Crippen LogP contribution < -0.4 is 5.73 Å². The predicted molar refractivity (Wildman–Crippen MR) is 84.0 cm³/mol. The van der Waals surface area contributed by atoms with Crippen LogP contribution in [0.1, 0.15) is 0 Å². The van der Waals surface area contributed by atoms with Crippen LogP contribution in [0.25, 0.3) is 22.5 Å². The molecule has 0 aliphatic rings. The number of halogens is 1. The molecular weight excluding hydrogens is 286 g/mol. The van der Waals surface area contributed by atoms with Crippen LogP contribution in [-0.2, 0) is 0 Å². The number of nitrogen functional groups attached to an aromatic ring is 1. The number of aromatic nitrogens is 2. The first-order chi connectivity index (χ1) is 10.1. The number of nitrogens with zero attached hydrogens (tertiary/aromatic N) is 2. The number of hydrogen-bond acceptors (Lipinski definition) is 4. The molecule has 0 saturated carbocycles. The van der Waals surface area contributed by atoms with E-state index in [4.69, 9.17) is 17.3 Å². The summed E-state index contributed by atoms with van der Waals surface area (Å²) in [6.45, 7) is 0. The van der Waals surface area contributed by atoms with E-state index >= 15 is 0 Å². The van der Waals surface area contributed by atoms with E-state index in [1.807, 2.05) is 18.2 Å². The monoisotopic (exact) mass is 297 g/mol. The molecule has 0 unspecified atom stereocenters. The van der Waals surface area contributed by atoms with Gasteiger partial charge >= 0.3 is 0 Å². The van der Waals surface area contributed by atoms with Gasteiger partial charge in [-0.3, -0.25) is 0 Å². The second-order valence-electron chi connectivity index (χ2n) is 4.52. The Bertz CT molecular complexity index is 788. The molecule has 0 bridgehead atoms. The Kier molecular flexibility index (Phi) is 3.46. The van der Waals surface area contributed by atoms with E-state index in [-0.39, 0.29) is 11.7 Å². The number of benzene rings is 2. The molecule has 0 spiro atoms. The average Bonchev–Trinajstić information content (AvgIpc) is 2.48. The van der Waals surface area contributed by atoms with Crippen molar-refractivity contribution in [2.24, 2.45) is 0 Å². The lowest BCUT2D eigenvalue weighted by atomic mass is 10.1. The highest BCUT2D eigenvalue weighted by Gasteiger charge is 2.09. The molecule has 5 heteroatoms. The SMILES string of the molecule is Nc1nc(-c2ccc(Cl)cc2)cc(-c2ccccc2O)n1. The fraction of sp³-hybridized carbons (Fsp3) is 0. The summed E-state index contributed by atoms with van der Waals surface area (Å²) in [7, 11) is 0. The lowest BCUT2D eigenvalue weighted by Gasteiger charge is -2.07. The normalized spacial score (nSPS) is 10.5. The standard InChI is InChI=1S/C16H12ClN3O/c17-11-7-5-10(6-8-11)13-9-14(20-16(18)19-13)12-3-1-2-4-15(12)21/h1-9,21H,(H2,18,19,20). The largest absolute Gasteiger partial charge is 0.507 e. The summed E-state index contributed by atoms with van der Waals surface area (Å²) in [5.74, 6) is 0.304. The number of hydrogen-bond donors (Lipinski definition) is 2. The van der Waals surface area contributed by atoms with Gasteiger partial charge in [0.25, 0.3) is 0 Å². The van der Waals surface area contributed by atoms with E-state index in [1.165, 1.54) is 0 Å². The Labute approximate surface area is 126 Å². The van der Waals surface area contributed by atoms with Crippen LogP contribution in [-0.4, -0.2) is 15.1 Å². The van der Waals surface area contributed by atoms with Crippen molar-refractivity contribution < 1.29 is 5.11 Å². The highest BCUT2D eigenvalue weighted by Crippen LogP contribution is 2.30. The molecule has 3 aromatic rings. The molecule has 21 heavy (non-hydrogen) atoms. The third-order valence-electron chi connectivity index (χ3n) is 3.06. The summed E-state index contributed by atoms with van der Waals surface area (Å²) in [6, 6.07) is 16.0. The van der Waals surface area contributed by atoms with Crippen LogP contribution in [0, 0.1) is 0 Å². The number of nitrogens with two attached hydrogens (primary N) is 1. The molecule has 0 fully saturated rings. The summed E-state index contributed by atoms with van der Waals surface area (Å²) in [6.07, 6.45) is 0. The molecule has 0 aliphatic heterocycles. The van der Waals surface area contributed by atoms with E-state index in [0.717, 1.165) is 5.56 Å².